The molecule has 0 saturated heterocycles. The van der Waals surface area contributed by atoms with Crippen LogP contribution in [0.3, 0.4) is 0 Å². The zero-order valence-electron chi connectivity index (χ0n) is 10.2. The molecule has 0 heterocycles. The molecular weight excluding hydrogens is 218 g/mol. The number of hydrogen-bond acceptors (Lipinski definition) is 2. The van der Waals surface area contributed by atoms with Crippen molar-refractivity contribution < 1.29 is 14.7 Å². The molecule has 4 heteroatoms. The number of nitrogens with one attached hydrogen (secondary N) is 1. The van der Waals surface area contributed by atoms with Gasteiger partial charge in [-0.15, -0.1) is 0 Å². The average Bonchev–Trinajstić information content (AvgIpc) is 2.33. The van der Waals surface area contributed by atoms with Crippen LogP contribution in [0.5, 0.6) is 0 Å². The predicted octanol–water partition coefficient (Wildman–Crippen LogP) is 2.10. The summed E-state index contributed by atoms with van der Waals surface area (Å²) in [6, 6.07) is 0. The summed E-state index contributed by atoms with van der Waals surface area (Å²) in [6.45, 7) is 0.752. The van der Waals surface area contributed by atoms with E-state index in [1.807, 2.05) is 0 Å². The third-order valence-electron chi connectivity index (χ3n) is 3.01. The number of allylic oxidation sites excluding steroid dienone is 2. The minimum absolute atomic E-state index is 0.0462. The van der Waals surface area contributed by atoms with Crippen molar-refractivity contribution in [2.45, 2.75) is 44.9 Å². The van der Waals surface area contributed by atoms with E-state index in [-0.39, 0.29) is 12.3 Å². The fourth-order valence-electron chi connectivity index (χ4n) is 1.95. The fraction of sp³-hybridized carbons (Fsp3) is 0.692. The van der Waals surface area contributed by atoms with E-state index in [1.165, 1.54) is 0 Å². The Morgan fingerprint density at radius 3 is 2.65 bits per heavy atom. The van der Waals surface area contributed by atoms with Crippen LogP contribution in [-0.4, -0.2) is 23.5 Å². The van der Waals surface area contributed by atoms with Gasteiger partial charge in [0.25, 0.3) is 0 Å². The third-order valence-corrected chi connectivity index (χ3v) is 3.01. The molecule has 1 atom stereocenters. The summed E-state index contributed by atoms with van der Waals surface area (Å²) in [5.41, 5.74) is 0. The molecule has 1 amide bonds. The number of carboxylic acids is 1. The molecule has 1 aliphatic rings. The SMILES string of the molecule is O=C(O)CCCCC(=O)NCC1CC=CCC1. The van der Waals surface area contributed by atoms with Gasteiger partial charge in [-0.05, 0) is 38.0 Å². The van der Waals surface area contributed by atoms with E-state index in [0.717, 1.165) is 25.8 Å². The van der Waals surface area contributed by atoms with Gasteiger partial charge in [-0.3, -0.25) is 9.59 Å². The van der Waals surface area contributed by atoms with Crippen LogP contribution in [-0.2, 0) is 9.59 Å². The third kappa shape index (κ3) is 6.76. The van der Waals surface area contributed by atoms with E-state index >= 15 is 0 Å². The van der Waals surface area contributed by atoms with Gasteiger partial charge in [-0.2, -0.15) is 0 Å². The molecule has 0 fully saturated rings. The highest BCUT2D eigenvalue weighted by Crippen LogP contribution is 2.16. The van der Waals surface area contributed by atoms with Crippen LogP contribution < -0.4 is 5.32 Å². The first-order valence-corrected chi connectivity index (χ1v) is 6.32. The molecule has 96 valence electrons. The van der Waals surface area contributed by atoms with Crippen molar-refractivity contribution in [3.8, 4) is 0 Å². The number of aliphatic carboxylic acids is 1. The second-order valence-electron chi connectivity index (χ2n) is 4.56. The lowest BCUT2D eigenvalue weighted by atomic mass is 9.94. The Morgan fingerprint density at radius 2 is 2.00 bits per heavy atom. The van der Waals surface area contributed by atoms with E-state index in [4.69, 9.17) is 5.11 Å². The largest absolute Gasteiger partial charge is 0.481 e. The molecule has 0 bridgehead atoms. The standard InChI is InChI=1S/C13H21NO3/c15-12(8-4-5-9-13(16)17)14-10-11-6-2-1-3-7-11/h1-2,11H,3-10H2,(H,14,15)(H,16,17). The van der Waals surface area contributed by atoms with Gasteiger partial charge in [-0.25, -0.2) is 0 Å². The van der Waals surface area contributed by atoms with Crippen molar-refractivity contribution in [2.24, 2.45) is 5.92 Å². The maximum atomic E-state index is 11.5. The summed E-state index contributed by atoms with van der Waals surface area (Å²) >= 11 is 0. The molecule has 0 radical (unpaired) electrons. The summed E-state index contributed by atoms with van der Waals surface area (Å²) in [6.07, 6.45) is 9.50. The predicted molar refractivity (Wildman–Crippen MR) is 65.6 cm³/mol. The van der Waals surface area contributed by atoms with Gasteiger partial charge in [0.2, 0.25) is 5.91 Å². The Labute approximate surface area is 102 Å². The van der Waals surface area contributed by atoms with E-state index in [0.29, 0.717) is 25.2 Å². The van der Waals surface area contributed by atoms with E-state index < -0.39 is 5.97 Å². The zero-order valence-corrected chi connectivity index (χ0v) is 10.2. The molecule has 0 aromatic heterocycles. The number of hydrogen-bond donors (Lipinski definition) is 2. The zero-order chi connectivity index (χ0) is 12.5. The molecule has 1 aliphatic carbocycles. The first-order chi connectivity index (χ1) is 8.18. The number of carboxylic acid groups (broad SMARTS) is 1. The average molecular weight is 239 g/mol. The fourth-order valence-corrected chi connectivity index (χ4v) is 1.95. The molecule has 17 heavy (non-hydrogen) atoms. The summed E-state index contributed by atoms with van der Waals surface area (Å²) in [7, 11) is 0. The van der Waals surface area contributed by atoms with Crippen LogP contribution in [0.15, 0.2) is 12.2 Å². The minimum Gasteiger partial charge on any atom is -0.481 e. The summed E-state index contributed by atoms with van der Waals surface area (Å²) in [4.78, 5) is 21.7. The second-order valence-corrected chi connectivity index (χ2v) is 4.56. The minimum atomic E-state index is -0.792. The summed E-state index contributed by atoms with van der Waals surface area (Å²) in [5, 5.41) is 11.4. The molecule has 4 nitrogen and oxygen atoms in total. The quantitative estimate of drug-likeness (QED) is 0.528. The summed E-state index contributed by atoms with van der Waals surface area (Å²) < 4.78 is 0. The van der Waals surface area contributed by atoms with Crippen LogP contribution in [0, 0.1) is 5.92 Å². The van der Waals surface area contributed by atoms with Crippen molar-refractivity contribution in [1.82, 2.24) is 5.32 Å². The maximum absolute atomic E-state index is 11.5. The van der Waals surface area contributed by atoms with Gasteiger partial charge < -0.3 is 10.4 Å². The van der Waals surface area contributed by atoms with Crippen LogP contribution in [0.2, 0.25) is 0 Å². The Hall–Kier alpha value is -1.32. The first-order valence-electron chi connectivity index (χ1n) is 6.32. The Bertz CT molecular complexity index is 286. The second kappa shape index (κ2) is 7.87. The highest BCUT2D eigenvalue weighted by atomic mass is 16.4. The maximum Gasteiger partial charge on any atom is 0.303 e. The van der Waals surface area contributed by atoms with E-state index in [9.17, 15) is 9.59 Å². The van der Waals surface area contributed by atoms with Gasteiger partial charge in [0.1, 0.15) is 0 Å². The smallest absolute Gasteiger partial charge is 0.303 e. The molecule has 0 aliphatic heterocycles. The van der Waals surface area contributed by atoms with Crippen molar-refractivity contribution in [3.63, 3.8) is 0 Å². The Kier molecular flexibility index (Phi) is 6.37. The van der Waals surface area contributed by atoms with E-state index in [1.54, 1.807) is 0 Å². The van der Waals surface area contributed by atoms with Gasteiger partial charge in [-0.1, -0.05) is 12.2 Å². The van der Waals surface area contributed by atoms with Crippen LogP contribution in [0.1, 0.15) is 44.9 Å². The van der Waals surface area contributed by atoms with Crippen molar-refractivity contribution in [3.05, 3.63) is 12.2 Å². The lowest BCUT2D eigenvalue weighted by Gasteiger charge is -2.17. The topological polar surface area (TPSA) is 66.4 Å². The lowest BCUT2D eigenvalue weighted by Crippen LogP contribution is -2.29. The highest BCUT2D eigenvalue weighted by Gasteiger charge is 2.11. The molecule has 2 N–H and O–H groups in total. The van der Waals surface area contributed by atoms with Crippen molar-refractivity contribution in [2.75, 3.05) is 6.54 Å². The Balaban J connectivity index is 2.00. The lowest BCUT2D eigenvalue weighted by molar-refractivity contribution is -0.137. The van der Waals surface area contributed by atoms with Gasteiger partial charge in [0.05, 0.1) is 0 Å². The monoisotopic (exact) mass is 239 g/mol. The molecule has 1 unspecified atom stereocenters. The first kappa shape index (κ1) is 13.7. The van der Waals surface area contributed by atoms with Gasteiger partial charge in [0.15, 0.2) is 0 Å². The molecule has 0 aromatic carbocycles. The van der Waals surface area contributed by atoms with Crippen molar-refractivity contribution in [1.29, 1.82) is 0 Å². The number of amides is 1. The summed E-state index contributed by atoms with van der Waals surface area (Å²) in [5.74, 6) is -0.174. The number of unbranched alkanes of at least 4 members (excludes halogenated alkanes) is 1. The van der Waals surface area contributed by atoms with Gasteiger partial charge >= 0.3 is 5.97 Å². The van der Waals surface area contributed by atoms with Crippen LogP contribution in [0.25, 0.3) is 0 Å². The number of rotatable bonds is 7. The molecule has 1 rings (SSSR count). The van der Waals surface area contributed by atoms with Crippen molar-refractivity contribution >= 4 is 11.9 Å². The normalized spacial score (nSPS) is 18.9. The molecular formula is C13H21NO3. The number of carbonyl (C=O) groups is 2. The van der Waals surface area contributed by atoms with Crippen LogP contribution in [0.4, 0.5) is 0 Å². The molecule has 0 saturated carbocycles. The highest BCUT2D eigenvalue weighted by molar-refractivity contribution is 5.75. The van der Waals surface area contributed by atoms with E-state index in [2.05, 4.69) is 17.5 Å². The van der Waals surface area contributed by atoms with Crippen LogP contribution >= 0.6 is 0 Å². The Morgan fingerprint density at radius 1 is 1.24 bits per heavy atom. The number of carbonyl (C=O) groups excluding carboxylic acids is 1. The van der Waals surface area contributed by atoms with Gasteiger partial charge in [0, 0.05) is 19.4 Å². The molecule has 0 aromatic rings. The molecule has 0 spiro atoms.